The zero-order chi connectivity index (χ0) is 13.0. The van der Waals surface area contributed by atoms with Crippen LogP contribution in [0.15, 0.2) is 48.5 Å². The Morgan fingerprint density at radius 1 is 0.889 bits per heavy atom. The highest BCUT2D eigenvalue weighted by molar-refractivity contribution is 6.30. The second kappa shape index (κ2) is 5.89. The number of nitrogens with zero attached hydrogens (tertiary/aromatic N) is 1. The Labute approximate surface area is 113 Å². The van der Waals surface area contributed by atoms with Crippen molar-refractivity contribution >= 4 is 23.0 Å². The highest BCUT2D eigenvalue weighted by Crippen LogP contribution is 2.19. The quantitative estimate of drug-likeness (QED) is 0.889. The molecule has 0 aliphatic heterocycles. The molecule has 0 aliphatic carbocycles. The molecule has 0 atom stereocenters. The topological polar surface area (TPSA) is 15.3 Å². The Bertz CT molecular complexity index is 489. The minimum Gasteiger partial charge on any atom is -0.356 e. The summed E-state index contributed by atoms with van der Waals surface area (Å²) >= 11 is 5.85. The maximum absolute atomic E-state index is 5.85. The van der Waals surface area contributed by atoms with Gasteiger partial charge in [0.25, 0.3) is 0 Å². The van der Waals surface area contributed by atoms with Crippen LogP contribution in [0.3, 0.4) is 0 Å². The summed E-state index contributed by atoms with van der Waals surface area (Å²) in [5.74, 6) is 0. The Hall–Kier alpha value is -1.51. The smallest absolute Gasteiger partial charge is 0.0407 e. The monoisotopic (exact) mass is 260 g/mol. The highest BCUT2D eigenvalue weighted by Gasteiger charge is 1.97. The number of hydrogen-bond donors (Lipinski definition) is 1. The Kier molecular flexibility index (Phi) is 4.24. The van der Waals surface area contributed by atoms with Crippen molar-refractivity contribution in [3.8, 4) is 0 Å². The van der Waals surface area contributed by atoms with Crippen LogP contribution in [-0.2, 0) is 6.54 Å². The fraction of sp³-hybridized carbons (Fsp3) is 0.200. The molecule has 0 amide bonds. The molecule has 2 aromatic carbocycles. The second-order valence-electron chi connectivity index (χ2n) is 4.57. The number of anilines is 2. The average Bonchev–Trinajstić information content (AvgIpc) is 2.34. The van der Waals surface area contributed by atoms with Gasteiger partial charge in [-0.15, -0.1) is 0 Å². The predicted octanol–water partition coefficient (Wildman–Crippen LogP) is 4.15. The van der Waals surface area contributed by atoms with Crippen LogP contribution in [0, 0.1) is 0 Å². The third-order valence-electron chi connectivity index (χ3n) is 2.59. The van der Waals surface area contributed by atoms with Crippen molar-refractivity contribution in [2.24, 2.45) is 0 Å². The van der Waals surface area contributed by atoms with Gasteiger partial charge >= 0.3 is 0 Å². The Morgan fingerprint density at radius 2 is 1.39 bits per heavy atom. The third-order valence-corrected chi connectivity index (χ3v) is 2.84. The standard InChI is InChI=1S/C15H17ClN2/c1-18(2)11-12-3-7-14(8-4-12)17-15-9-5-13(16)6-10-15/h3-10,17H,11H2,1-2H3. The summed E-state index contributed by atoms with van der Waals surface area (Å²) in [6.07, 6.45) is 0. The van der Waals surface area contributed by atoms with Crippen molar-refractivity contribution in [1.29, 1.82) is 0 Å². The van der Waals surface area contributed by atoms with E-state index < -0.39 is 0 Å². The van der Waals surface area contributed by atoms with E-state index in [1.165, 1.54) is 5.56 Å². The molecule has 0 heterocycles. The zero-order valence-electron chi connectivity index (χ0n) is 10.7. The second-order valence-corrected chi connectivity index (χ2v) is 5.00. The van der Waals surface area contributed by atoms with E-state index in [0.717, 1.165) is 22.9 Å². The van der Waals surface area contributed by atoms with Gasteiger partial charge < -0.3 is 10.2 Å². The summed E-state index contributed by atoms with van der Waals surface area (Å²) in [5.41, 5.74) is 3.43. The molecule has 2 rings (SSSR count). The number of nitrogens with one attached hydrogen (secondary N) is 1. The maximum atomic E-state index is 5.85. The molecule has 0 saturated carbocycles. The predicted molar refractivity (Wildman–Crippen MR) is 78.6 cm³/mol. The molecule has 0 aliphatic rings. The van der Waals surface area contributed by atoms with Crippen LogP contribution in [0.5, 0.6) is 0 Å². The Balaban J connectivity index is 2.04. The van der Waals surface area contributed by atoms with Crippen molar-refractivity contribution < 1.29 is 0 Å². The van der Waals surface area contributed by atoms with E-state index in [1.54, 1.807) is 0 Å². The van der Waals surface area contributed by atoms with Gasteiger partial charge in [-0.1, -0.05) is 23.7 Å². The highest BCUT2D eigenvalue weighted by atomic mass is 35.5. The van der Waals surface area contributed by atoms with Crippen LogP contribution in [0.1, 0.15) is 5.56 Å². The van der Waals surface area contributed by atoms with E-state index >= 15 is 0 Å². The number of rotatable bonds is 4. The molecule has 0 saturated heterocycles. The third kappa shape index (κ3) is 3.76. The molecule has 0 spiro atoms. The van der Waals surface area contributed by atoms with Gasteiger partial charge in [0, 0.05) is 22.9 Å². The largest absolute Gasteiger partial charge is 0.356 e. The average molecular weight is 261 g/mol. The molecular weight excluding hydrogens is 244 g/mol. The van der Waals surface area contributed by atoms with Crippen molar-refractivity contribution in [2.45, 2.75) is 6.54 Å². The van der Waals surface area contributed by atoms with Gasteiger partial charge in [0.2, 0.25) is 0 Å². The van der Waals surface area contributed by atoms with Gasteiger partial charge in [0.05, 0.1) is 0 Å². The van der Waals surface area contributed by atoms with E-state index in [1.807, 2.05) is 24.3 Å². The van der Waals surface area contributed by atoms with Crippen molar-refractivity contribution in [3.63, 3.8) is 0 Å². The fourth-order valence-corrected chi connectivity index (χ4v) is 1.88. The van der Waals surface area contributed by atoms with E-state index in [0.29, 0.717) is 0 Å². The lowest BCUT2D eigenvalue weighted by Crippen LogP contribution is -2.10. The van der Waals surface area contributed by atoms with Gasteiger partial charge in [-0.05, 0) is 56.1 Å². The first-order valence-corrected chi connectivity index (χ1v) is 6.27. The lowest BCUT2D eigenvalue weighted by Gasteiger charge is -2.11. The molecule has 0 aromatic heterocycles. The number of hydrogen-bond acceptors (Lipinski definition) is 2. The molecule has 0 fully saturated rings. The first kappa shape index (κ1) is 12.9. The molecule has 0 radical (unpaired) electrons. The lowest BCUT2D eigenvalue weighted by molar-refractivity contribution is 0.402. The first-order chi connectivity index (χ1) is 8.63. The van der Waals surface area contributed by atoms with Gasteiger partial charge in [-0.3, -0.25) is 0 Å². The molecule has 2 nitrogen and oxygen atoms in total. The van der Waals surface area contributed by atoms with Gasteiger partial charge in [0.1, 0.15) is 0 Å². The van der Waals surface area contributed by atoms with E-state index in [-0.39, 0.29) is 0 Å². The van der Waals surface area contributed by atoms with Crippen LogP contribution < -0.4 is 5.32 Å². The molecule has 94 valence electrons. The molecule has 18 heavy (non-hydrogen) atoms. The minimum absolute atomic E-state index is 0.752. The van der Waals surface area contributed by atoms with E-state index in [4.69, 9.17) is 11.6 Å². The number of benzene rings is 2. The molecule has 0 bridgehead atoms. The maximum Gasteiger partial charge on any atom is 0.0407 e. The van der Waals surface area contributed by atoms with E-state index in [2.05, 4.69) is 48.6 Å². The van der Waals surface area contributed by atoms with Crippen LogP contribution in [0.2, 0.25) is 5.02 Å². The van der Waals surface area contributed by atoms with Crippen molar-refractivity contribution in [3.05, 3.63) is 59.1 Å². The molecule has 1 N–H and O–H groups in total. The first-order valence-electron chi connectivity index (χ1n) is 5.90. The summed E-state index contributed by atoms with van der Waals surface area (Å²) in [6, 6.07) is 16.2. The molecule has 3 heteroatoms. The van der Waals surface area contributed by atoms with Crippen molar-refractivity contribution in [2.75, 3.05) is 19.4 Å². The lowest BCUT2D eigenvalue weighted by atomic mass is 10.2. The summed E-state index contributed by atoms with van der Waals surface area (Å²) in [4.78, 5) is 2.15. The summed E-state index contributed by atoms with van der Waals surface area (Å²) < 4.78 is 0. The molecule has 2 aromatic rings. The Morgan fingerprint density at radius 3 is 1.89 bits per heavy atom. The molecular formula is C15H17ClN2. The van der Waals surface area contributed by atoms with Crippen LogP contribution in [0.4, 0.5) is 11.4 Å². The van der Waals surface area contributed by atoms with Crippen LogP contribution in [0.25, 0.3) is 0 Å². The summed E-state index contributed by atoms with van der Waals surface area (Å²) in [5, 5.41) is 4.09. The fourth-order valence-electron chi connectivity index (χ4n) is 1.76. The SMILES string of the molecule is CN(C)Cc1ccc(Nc2ccc(Cl)cc2)cc1. The minimum atomic E-state index is 0.752. The number of halogens is 1. The van der Waals surface area contributed by atoms with E-state index in [9.17, 15) is 0 Å². The summed E-state index contributed by atoms with van der Waals surface area (Å²) in [6.45, 7) is 0.960. The van der Waals surface area contributed by atoms with Gasteiger partial charge in [-0.25, -0.2) is 0 Å². The molecule has 0 unspecified atom stereocenters. The van der Waals surface area contributed by atoms with Gasteiger partial charge in [-0.2, -0.15) is 0 Å². The van der Waals surface area contributed by atoms with Crippen molar-refractivity contribution in [1.82, 2.24) is 4.90 Å². The van der Waals surface area contributed by atoms with Gasteiger partial charge in [0.15, 0.2) is 0 Å². The van der Waals surface area contributed by atoms with Crippen LogP contribution in [-0.4, -0.2) is 19.0 Å². The normalized spacial score (nSPS) is 10.7. The van der Waals surface area contributed by atoms with Crippen LogP contribution >= 0.6 is 11.6 Å². The summed E-state index contributed by atoms with van der Waals surface area (Å²) in [7, 11) is 4.14. The zero-order valence-corrected chi connectivity index (χ0v) is 11.4.